The molecule has 21 heavy (non-hydrogen) atoms. The van der Waals surface area contributed by atoms with Crippen molar-refractivity contribution in [2.45, 2.75) is 44.6 Å². The number of aromatic nitrogens is 1. The Hall–Kier alpha value is -1.61. The van der Waals surface area contributed by atoms with Crippen LogP contribution in [0.5, 0.6) is 0 Å². The van der Waals surface area contributed by atoms with E-state index < -0.39 is 0 Å². The van der Waals surface area contributed by atoms with Crippen LogP contribution in [0, 0.1) is 6.07 Å². The first kappa shape index (κ1) is 14.3. The van der Waals surface area contributed by atoms with E-state index in [0.717, 1.165) is 17.9 Å². The summed E-state index contributed by atoms with van der Waals surface area (Å²) in [6.45, 7) is 0.776. The van der Waals surface area contributed by atoms with E-state index in [2.05, 4.69) is 28.1 Å². The molecule has 3 heteroatoms. The fraction of sp³-hybridized carbons (Fsp3) is 0.500. The highest BCUT2D eigenvalue weighted by Crippen LogP contribution is 2.37. The third-order valence-corrected chi connectivity index (χ3v) is 4.17. The minimum Gasteiger partial charge on any atom is -0.440 e. The van der Waals surface area contributed by atoms with Crippen molar-refractivity contribution in [3.63, 3.8) is 0 Å². The van der Waals surface area contributed by atoms with Crippen molar-refractivity contribution in [1.82, 2.24) is 9.88 Å². The average Bonchev–Trinajstić information content (AvgIpc) is 2.96. The first-order chi connectivity index (χ1) is 10.2. The summed E-state index contributed by atoms with van der Waals surface area (Å²) in [4.78, 5) is 6.55. The summed E-state index contributed by atoms with van der Waals surface area (Å²) in [5.41, 5.74) is 2.41. The second-order valence-electron chi connectivity index (χ2n) is 6.20. The highest BCUT2D eigenvalue weighted by atomic mass is 16.4. The quantitative estimate of drug-likeness (QED) is 0.840. The van der Waals surface area contributed by atoms with Crippen molar-refractivity contribution in [2.75, 3.05) is 14.1 Å². The van der Waals surface area contributed by atoms with Gasteiger partial charge in [0.1, 0.15) is 5.76 Å². The van der Waals surface area contributed by atoms with E-state index in [1.54, 1.807) is 0 Å². The van der Waals surface area contributed by atoms with Gasteiger partial charge in [-0.25, -0.2) is 4.98 Å². The summed E-state index contributed by atoms with van der Waals surface area (Å²) >= 11 is 0. The first-order valence-corrected chi connectivity index (χ1v) is 7.84. The molecule has 1 aromatic carbocycles. The molecule has 0 N–H and O–H groups in total. The van der Waals surface area contributed by atoms with Crippen LogP contribution in [-0.2, 0) is 6.54 Å². The van der Waals surface area contributed by atoms with E-state index in [-0.39, 0.29) is 0 Å². The topological polar surface area (TPSA) is 29.3 Å². The summed E-state index contributed by atoms with van der Waals surface area (Å²) in [6, 6.07) is 9.60. The van der Waals surface area contributed by atoms with Gasteiger partial charge in [0.2, 0.25) is 5.89 Å². The molecule has 2 aromatic rings. The van der Waals surface area contributed by atoms with Gasteiger partial charge < -0.3 is 9.32 Å². The minimum absolute atomic E-state index is 0.635. The molecule has 0 saturated heterocycles. The Morgan fingerprint density at radius 2 is 2.10 bits per heavy atom. The molecule has 0 aliphatic heterocycles. The highest BCUT2D eigenvalue weighted by Gasteiger charge is 2.21. The van der Waals surface area contributed by atoms with E-state index in [0.29, 0.717) is 11.8 Å². The molecular weight excluding hydrogens is 260 g/mol. The zero-order valence-corrected chi connectivity index (χ0v) is 12.9. The fourth-order valence-electron chi connectivity index (χ4n) is 3.20. The van der Waals surface area contributed by atoms with Gasteiger partial charge in [-0.3, -0.25) is 0 Å². The summed E-state index contributed by atoms with van der Waals surface area (Å²) in [5.74, 6) is 2.25. The standard InChI is InChI=1S/C18H23N2O/c1-20(2)13-15-12-19-18(21-15)17-11-7-6-10-16(17)14-8-4-3-5-9-14/h6-7,10,12,14H,3-5,8-9,13H2,1-2H3. The molecule has 1 radical (unpaired) electrons. The Labute approximate surface area is 127 Å². The maximum absolute atomic E-state index is 5.93. The Bertz CT molecular complexity index is 582. The van der Waals surface area contributed by atoms with Gasteiger partial charge in [-0.05, 0) is 44.5 Å². The van der Waals surface area contributed by atoms with Gasteiger partial charge >= 0.3 is 0 Å². The van der Waals surface area contributed by atoms with Crippen LogP contribution in [0.3, 0.4) is 0 Å². The van der Waals surface area contributed by atoms with Crippen molar-refractivity contribution in [2.24, 2.45) is 0 Å². The molecule has 0 bridgehead atoms. The number of hydrogen-bond acceptors (Lipinski definition) is 3. The lowest BCUT2D eigenvalue weighted by Crippen LogP contribution is -2.09. The van der Waals surface area contributed by atoms with Gasteiger partial charge in [-0.2, -0.15) is 0 Å². The van der Waals surface area contributed by atoms with Crippen molar-refractivity contribution < 1.29 is 4.42 Å². The van der Waals surface area contributed by atoms with Gasteiger partial charge in [0.15, 0.2) is 0 Å². The summed E-state index contributed by atoms with van der Waals surface area (Å²) in [6.07, 6.45) is 8.41. The lowest BCUT2D eigenvalue weighted by atomic mass is 9.82. The van der Waals surface area contributed by atoms with E-state index in [9.17, 15) is 0 Å². The molecule has 1 aliphatic carbocycles. The van der Waals surface area contributed by atoms with Gasteiger partial charge in [0.25, 0.3) is 0 Å². The largest absolute Gasteiger partial charge is 0.440 e. The van der Waals surface area contributed by atoms with Crippen LogP contribution in [0.1, 0.15) is 49.3 Å². The van der Waals surface area contributed by atoms with Crippen LogP contribution in [-0.4, -0.2) is 24.0 Å². The van der Waals surface area contributed by atoms with Crippen LogP contribution in [0.15, 0.2) is 28.8 Å². The van der Waals surface area contributed by atoms with Gasteiger partial charge in [0, 0.05) is 5.56 Å². The van der Waals surface area contributed by atoms with Crippen molar-refractivity contribution in [3.05, 3.63) is 41.8 Å². The summed E-state index contributed by atoms with van der Waals surface area (Å²) < 4.78 is 5.93. The fourth-order valence-corrected chi connectivity index (χ4v) is 3.20. The van der Waals surface area contributed by atoms with E-state index in [1.165, 1.54) is 37.7 Å². The second kappa shape index (κ2) is 6.44. The third kappa shape index (κ3) is 3.35. The molecule has 111 valence electrons. The zero-order valence-electron chi connectivity index (χ0n) is 12.9. The van der Waals surface area contributed by atoms with Crippen LogP contribution in [0.2, 0.25) is 0 Å². The molecular formula is C18H23N2O. The number of benzene rings is 1. The number of hydrogen-bond donors (Lipinski definition) is 0. The van der Waals surface area contributed by atoms with E-state index in [4.69, 9.17) is 4.42 Å². The normalized spacial score (nSPS) is 16.5. The van der Waals surface area contributed by atoms with E-state index in [1.807, 2.05) is 26.4 Å². The predicted octanol–water partition coefficient (Wildman–Crippen LogP) is 4.25. The monoisotopic (exact) mass is 283 g/mol. The number of nitrogens with zero attached hydrogens (tertiary/aromatic N) is 2. The minimum atomic E-state index is 0.635. The zero-order chi connectivity index (χ0) is 14.7. The molecule has 1 fully saturated rings. The van der Waals surface area contributed by atoms with Gasteiger partial charge in [-0.1, -0.05) is 37.5 Å². The number of rotatable bonds is 4. The molecule has 0 amide bonds. The lowest BCUT2D eigenvalue weighted by Gasteiger charge is -2.23. The maximum atomic E-state index is 5.93. The van der Waals surface area contributed by atoms with Crippen LogP contribution in [0.25, 0.3) is 11.5 Å². The Morgan fingerprint density at radius 3 is 2.86 bits per heavy atom. The predicted molar refractivity (Wildman–Crippen MR) is 84.0 cm³/mol. The maximum Gasteiger partial charge on any atom is 0.227 e. The molecule has 0 unspecified atom stereocenters. The Morgan fingerprint density at radius 1 is 1.29 bits per heavy atom. The third-order valence-electron chi connectivity index (χ3n) is 4.17. The highest BCUT2D eigenvalue weighted by molar-refractivity contribution is 5.59. The second-order valence-corrected chi connectivity index (χ2v) is 6.20. The van der Waals surface area contributed by atoms with E-state index >= 15 is 0 Å². The molecule has 1 heterocycles. The lowest BCUT2D eigenvalue weighted by molar-refractivity contribution is 0.353. The van der Waals surface area contributed by atoms with Crippen LogP contribution in [0.4, 0.5) is 0 Å². The molecule has 1 saturated carbocycles. The Balaban J connectivity index is 1.89. The average molecular weight is 283 g/mol. The molecule has 3 rings (SSSR count). The number of oxazole rings is 1. The van der Waals surface area contributed by atoms with Gasteiger partial charge in [0.05, 0.1) is 12.7 Å². The van der Waals surface area contributed by atoms with Crippen molar-refractivity contribution >= 4 is 0 Å². The summed E-state index contributed by atoms with van der Waals surface area (Å²) in [5, 5.41) is 0. The molecule has 0 spiro atoms. The molecule has 1 aromatic heterocycles. The SMILES string of the molecule is CN(C)Cc1cnc(-c2[c]cccc2C2CCCCC2)o1. The first-order valence-electron chi connectivity index (χ1n) is 7.84. The van der Waals surface area contributed by atoms with Gasteiger partial charge in [-0.15, -0.1) is 0 Å². The van der Waals surface area contributed by atoms with Crippen molar-refractivity contribution in [1.29, 1.82) is 0 Å². The van der Waals surface area contributed by atoms with Crippen LogP contribution < -0.4 is 0 Å². The molecule has 3 nitrogen and oxygen atoms in total. The van der Waals surface area contributed by atoms with Crippen molar-refractivity contribution in [3.8, 4) is 11.5 Å². The molecule has 1 aliphatic rings. The van der Waals surface area contributed by atoms with Crippen LogP contribution >= 0.6 is 0 Å². The molecule has 0 atom stereocenters. The summed E-state index contributed by atoms with van der Waals surface area (Å²) in [7, 11) is 4.06. The smallest absolute Gasteiger partial charge is 0.227 e. The Kier molecular flexibility index (Phi) is 4.39.